The molecule has 0 unspecified atom stereocenters. The Hall–Kier alpha value is -1.95. The lowest BCUT2D eigenvalue weighted by Crippen LogP contribution is -2.02. The van der Waals surface area contributed by atoms with Gasteiger partial charge < -0.3 is 10.5 Å². The fraction of sp³-hybridized carbons (Fsp3) is 0.273. The minimum Gasteiger partial charge on any atom is -0.497 e. The van der Waals surface area contributed by atoms with Crippen molar-refractivity contribution in [3.8, 4) is 11.4 Å². The van der Waals surface area contributed by atoms with Crippen molar-refractivity contribution >= 4 is 0 Å². The lowest BCUT2D eigenvalue weighted by molar-refractivity contribution is 0.413. The maximum absolute atomic E-state index is 13.6. The maximum Gasteiger partial charge on any atom is 0.149 e. The minimum absolute atomic E-state index is 0.306. The lowest BCUT2D eigenvalue weighted by atomic mass is 10.3. The standard InChI is InChI=1S/C11H13FN4O/c1-17-9-2-3-10(12)11(6-9)16-7-8(4-5-13)14-15-16/h2-3,6-7H,4-5,13H2,1H3. The molecule has 2 N–H and O–H groups in total. The second-order valence-corrected chi connectivity index (χ2v) is 3.51. The molecule has 0 aliphatic carbocycles. The summed E-state index contributed by atoms with van der Waals surface area (Å²) in [5, 5.41) is 7.76. The van der Waals surface area contributed by atoms with E-state index in [1.54, 1.807) is 18.3 Å². The fourth-order valence-corrected chi connectivity index (χ4v) is 1.47. The van der Waals surface area contributed by atoms with E-state index in [-0.39, 0.29) is 5.82 Å². The van der Waals surface area contributed by atoms with Crippen LogP contribution in [0.25, 0.3) is 5.69 Å². The first-order valence-electron chi connectivity index (χ1n) is 5.20. The number of rotatable bonds is 4. The molecule has 5 nitrogen and oxygen atoms in total. The summed E-state index contributed by atoms with van der Waals surface area (Å²) >= 11 is 0. The molecular formula is C11H13FN4O. The number of nitrogens with two attached hydrogens (primary N) is 1. The zero-order chi connectivity index (χ0) is 12.3. The van der Waals surface area contributed by atoms with E-state index in [0.29, 0.717) is 24.4 Å². The first-order valence-corrected chi connectivity index (χ1v) is 5.20. The van der Waals surface area contributed by atoms with Crippen LogP contribution in [0.4, 0.5) is 4.39 Å². The summed E-state index contributed by atoms with van der Waals surface area (Å²) < 4.78 is 20.0. The molecule has 0 aliphatic rings. The van der Waals surface area contributed by atoms with Gasteiger partial charge in [-0.3, -0.25) is 0 Å². The molecule has 1 aromatic carbocycles. The highest BCUT2D eigenvalue weighted by Crippen LogP contribution is 2.19. The Bertz CT molecular complexity index is 512. The predicted octanol–water partition coefficient (Wildman–Crippen LogP) is 0.916. The van der Waals surface area contributed by atoms with Crippen molar-refractivity contribution in [1.29, 1.82) is 0 Å². The van der Waals surface area contributed by atoms with Gasteiger partial charge in [0.2, 0.25) is 0 Å². The van der Waals surface area contributed by atoms with Crippen LogP contribution in [-0.2, 0) is 6.42 Å². The fourth-order valence-electron chi connectivity index (χ4n) is 1.47. The first kappa shape index (κ1) is 11.5. The quantitative estimate of drug-likeness (QED) is 0.857. The van der Waals surface area contributed by atoms with Crippen molar-refractivity contribution < 1.29 is 9.13 Å². The molecule has 2 aromatic rings. The van der Waals surface area contributed by atoms with Gasteiger partial charge in [-0.15, -0.1) is 5.10 Å². The smallest absolute Gasteiger partial charge is 0.149 e. The van der Waals surface area contributed by atoms with Crippen LogP contribution in [0.1, 0.15) is 5.69 Å². The van der Waals surface area contributed by atoms with Gasteiger partial charge in [-0.2, -0.15) is 0 Å². The van der Waals surface area contributed by atoms with E-state index in [9.17, 15) is 4.39 Å². The van der Waals surface area contributed by atoms with Crippen molar-refractivity contribution in [2.75, 3.05) is 13.7 Å². The van der Waals surface area contributed by atoms with Gasteiger partial charge in [0.1, 0.15) is 17.3 Å². The van der Waals surface area contributed by atoms with Crippen molar-refractivity contribution in [3.63, 3.8) is 0 Å². The van der Waals surface area contributed by atoms with Crippen LogP contribution in [0, 0.1) is 5.82 Å². The number of nitrogens with zero attached hydrogens (tertiary/aromatic N) is 3. The third-order valence-corrected chi connectivity index (χ3v) is 2.34. The Morgan fingerprint density at radius 2 is 2.29 bits per heavy atom. The van der Waals surface area contributed by atoms with Gasteiger partial charge >= 0.3 is 0 Å². The molecule has 0 bridgehead atoms. The predicted molar refractivity (Wildman–Crippen MR) is 60.6 cm³/mol. The molecular weight excluding hydrogens is 223 g/mol. The Kier molecular flexibility index (Phi) is 3.34. The van der Waals surface area contributed by atoms with Crippen LogP contribution >= 0.6 is 0 Å². The lowest BCUT2D eigenvalue weighted by Gasteiger charge is -2.04. The SMILES string of the molecule is COc1ccc(F)c(-n2cc(CCN)nn2)c1. The Balaban J connectivity index is 2.37. The summed E-state index contributed by atoms with van der Waals surface area (Å²) in [6.45, 7) is 0.485. The zero-order valence-electron chi connectivity index (χ0n) is 9.43. The number of ether oxygens (including phenoxy) is 1. The Morgan fingerprint density at radius 1 is 1.47 bits per heavy atom. The molecule has 2 rings (SSSR count). The molecule has 0 radical (unpaired) electrons. The largest absolute Gasteiger partial charge is 0.497 e. The molecule has 0 fully saturated rings. The molecule has 17 heavy (non-hydrogen) atoms. The van der Waals surface area contributed by atoms with E-state index in [1.165, 1.54) is 17.9 Å². The summed E-state index contributed by atoms with van der Waals surface area (Å²) in [4.78, 5) is 0. The molecule has 1 aromatic heterocycles. The molecule has 90 valence electrons. The molecule has 0 aliphatic heterocycles. The van der Waals surface area contributed by atoms with Crippen molar-refractivity contribution in [1.82, 2.24) is 15.0 Å². The molecule has 0 atom stereocenters. The topological polar surface area (TPSA) is 66.0 Å². The van der Waals surface area contributed by atoms with Crippen LogP contribution in [0.5, 0.6) is 5.75 Å². The van der Waals surface area contributed by atoms with Crippen molar-refractivity contribution in [3.05, 3.63) is 35.9 Å². The first-order chi connectivity index (χ1) is 8.24. The second-order valence-electron chi connectivity index (χ2n) is 3.51. The van der Waals surface area contributed by atoms with Crippen LogP contribution < -0.4 is 10.5 Å². The van der Waals surface area contributed by atoms with Crippen LogP contribution in [0.2, 0.25) is 0 Å². The van der Waals surface area contributed by atoms with E-state index in [2.05, 4.69) is 10.3 Å². The highest BCUT2D eigenvalue weighted by molar-refractivity contribution is 5.40. The van der Waals surface area contributed by atoms with Gasteiger partial charge in [0.25, 0.3) is 0 Å². The third kappa shape index (κ3) is 2.42. The van der Waals surface area contributed by atoms with Gasteiger partial charge in [0.15, 0.2) is 0 Å². The molecule has 0 spiro atoms. The molecule has 1 heterocycles. The van der Waals surface area contributed by atoms with Gasteiger partial charge in [-0.1, -0.05) is 5.21 Å². The third-order valence-electron chi connectivity index (χ3n) is 2.34. The summed E-state index contributed by atoms with van der Waals surface area (Å²) in [5.41, 5.74) is 6.45. The van der Waals surface area contributed by atoms with Crippen LogP contribution in [0.15, 0.2) is 24.4 Å². The Labute approximate surface area is 98.0 Å². The van der Waals surface area contributed by atoms with E-state index in [0.717, 1.165) is 5.69 Å². The number of benzene rings is 1. The van der Waals surface area contributed by atoms with Crippen molar-refractivity contribution in [2.24, 2.45) is 5.73 Å². The van der Waals surface area contributed by atoms with Gasteiger partial charge in [-0.05, 0) is 18.7 Å². The number of methoxy groups -OCH3 is 1. The van der Waals surface area contributed by atoms with Crippen LogP contribution in [0.3, 0.4) is 0 Å². The van der Waals surface area contributed by atoms with E-state index < -0.39 is 0 Å². The second kappa shape index (κ2) is 4.92. The summed E-state index contributed by atoms with van der Waals surface area (Å²) in [6, 6.07) is 4.45. The van der Waals surface area contributed by atoms with Gasteiger partial charge in [0, 0.05) is 12.5 Å². The van der Waals surface area contributed by atoms with E-state index in [4.69, 9.17) is 10.5 Å². The highest BCUT2D eigenvalue weighted by Gasteiger charge is 2.08. The van der Waals surface area contributed by atoms with Gasteiger partial charge in [0.05, 0.1) is 19.0 Å². The number of halogens is 1. The van der Waals surface area contributed by atoms with Crippen LogP contribution in [-0.4, -0.2) is 28.6 Å². The maximum atomic E-state index is 13.6. The van der Waals surface area contributed by atoms with E-state index in [1.807, 2.05) is 0 Å². The average molecular weight is 236 g/mol. The highest BCUT2D eigenvalue weighted by atomic mass is 19.1. The minimum atomic E-state index is -0.380. The monoisotopic (exact) mass is 236 g/mol. The number of hydrogen-bond donors (Lipinski definition) is 1. The molecule has 0 saturated carbocycles. The number of aromatic nitrogens is 3. The molecule has 6 heteroatoms. The zero-order valence-corrected chi connectivity index (χ0v) is 9.43. The summed E-state index contributed by atoms with van der Waals surface area (Å²) in [6.07, 6.45) is 2.27. The normalized spacial score (nSPS) is 10.5. The summed E-state index contributed by atoms with van der Waals surface area (Å²) in [7, 11) is 1.53. The van der Waals surface area contributed by atoms with E-state index >= 15 is 0 Å². The average Bonchev–Trinajstić information content (AvgIpc) is 2.79. The number of hydrogen-bond acceptors (Lipinski definition) is 4. The van der Waals surface area contributed by atoms with Crippen molar-refractivity contribution in [2.45, 2.75) is 6.42 Å². The summed E-state index contributed by atoms with van der Waals surface area (Å²) in [5.74, 6) is 0.187. The van der Waals surface area contributed by atoms with Gasteiger partial charge in [-0.25, -0.2) is 9.07 Å². The Morgan fingerprint density at radius 3 is 3.00 bits per heavy atom. The molecule has 0 amide bonds. The molecule has 0 saturated heterocycles.